The molecule has 3 N–H and O–H groups in total. The minimum absolute atomic E-state index is 0.0791. The Hall–Kier alpha value is -4.70. The molecule has 1 aliphatic rings. The summed E-state index contributed by atoms with van der Waals surface area (Å²) in [6.07, 6.45) is 7.21. The van der Waals surface area contributed by atoms with Gasteiger partial charge in [-0.1, -0.05) is 24.3 Å². The van der Waals surface area contributed by atoms with Crippen LogP contribution in [-0.2, 0) is 6.42 Å². The highest BCUT2D eigenvalue weighted by Crippen LogP contribution is 2.23. The van der Waals surface area contributed by atoms with E-state index < -0.39 is 6.04 Å². The number of hydrogen-bond donors (Lipinski definition) is 3. The van der Waals surface area contributed by atoms with Gasteiger partial charge in [-0.05, 0) is 66.0 Å². The van der Waals surface area contributed by atoms with Crippen LogP contribution in [0.4, 0.5) is 0 Å². The summed E-state index contributed by atoms with van der Waals surface area (Å²) in [5.74, 6) is -1.07. The van der Waals surface area contributed by atoms with Crippen LogP contribution >= 0.6 is 12.2 Å². The molecule has 0 saturated carbocycles. The minimum atomic E-state index is -0.434. The van der Waals surface area contributed by atoms with Crippen LogP contribution in [0.15, 0.2) is 85.5 Å². The van der Waals surface area contributed by atoms with E-state index in [0.29, 0.717) is 23.1 Å². The largest absolute Gasteiger partial charge is 0.356 e. The van der Waals surface area contributed by atoms with Crippen LogP contribution in [0.1, 0.15) is 36.6 Å². The van der Waals surface area contributed by atoms with Crippen molar-refractivity contribution in [1.29, 1.82) is 0 Å². The quantitative estimate of drug-likeness (QED) is 0.206. The van der Waals surface area contributed by atoms with Crippen molar-refractivity contribution in [2.75, 3.05) is 6.54 Å². The Balaban J connectivity index is 1.26. The highest BCUT2D eigenvalue weighted by Gasteiger charge is 2.36. The lowest BCUT2D eigenvalue weighted by molar-refractivity contribution is 0.0641. The molecular formula is C27H22N6O3S. The maximum absolute atomic E-state index is 12.9. The average Bonchev–Trinajstić information content (AvgIpc) is 3.17. The van der Waals surface area contributed by atoms with Crippen LogP contribution in [0.5, 0.6) is 0 Å². The lowest BCUT2D eigenvalue weighted by Crippen LogP contribution is -2.53. The van der Waals surface area contributed by atoms with Gasteiger partial charge in [-0.2, -0.15) is 0 Å². The first-order chi connectivity index (χ1) is 18.0. The predicted molar refractivity (Wildman–Crippen MR) is 142 cm³/mol. The number of imide groups is 1. The fraction of sp³-hybridized carbons (Fsp3) is 0.111. The second kappa shape index (κ2) is 10.5. The van der Waals surface area contributed by atoms with Crippen molar-refractivity contribution < 1.29 is 14.4 Å². The summed E-state index contributed by atoms with van der Waals surface area (Å²) in [6, 6.07) is 17.1. The first-order valence-electron chi connectivity index (χ1n) is 11.5. The van der Waals surface area contributed by atoms with E-state index in [0.717, 1.165) is 16.3 Å². The standard InChI is InChI=1S/C27H22N6O3S/c34-24(19-7-8-20-15-29-11-9-18(20)13-19)31-32-27(37)30-21(12-17-4-3-10-28-14-17)16-33-25(35)22-5-1-2-6-23(22)26(33)36/h1-11,13-15,21H,12,16H2,(H,31,34)(H2,30,32,37)/t21-/m1/s1. The molecule has 4 aromatic rings. The summed E-state index contributed by atoms with van der Waals surface area (Å²) in [5, 5.41) is 5.08. The van der Waals surface area contributed by atoms with Crippen molar-refractivity contribution in [3.8, 4) is 0 Å². The monoisotopic (exact) mass is 510 g/mol. The molecule has 1 aliphatic heterocycles. The van der Waals surface area contributed by atoms with Crippen molar-refractivity contribution in [1.82, 2.24) is 31.0 Å². The van der Waals surface area contributed by atoms with Gasteiger partial charge in [0.15, 0.2) is 5.11 Å². The molecule has 184 valence electrons. The van der Waals surface area contributed by atoms with Crippen LogP contribution in [0, 0.1) is 0 Å². The van der Waals surface area contributed by atoms with Crippen LogP contribution < -0.4 is 16.2 Å². The number of aromatic nitrogens is 2. The summed E-state index contributed by atoms with van der Waals surface area (Å²) >= 11 is 5.41. The molecule has 5 rings (SSSR count). The summed E-state index contributed by atoms with van der Waals surface area (Å²) < 4.78 is 0. The topological polar surface area (TPSA) is 116 Å². The molecule has 0 radical (unpaired) electrons. The molecule has 3 heterocycles. The van der Waals surface area contributed by atoms with Crippen molar-refractivity contribution in [3.63, 3.8) is 0 Å². The Labute approximate surface area is 217 Å². The normalized spacial score (nSPS) is 13.2. The van der Waals surface area contributed by atoms with E-state index in [1.165, 1.54) is 4.90 Å². The molecular weight excluding hydrogens is 488 g/mol. The molecule has 0 fully saturated rings. The van der Waals surface area contributed by atoms with Crippen molar-refractivity contribution >= 4 is 45.8 Å². The zero-order valence-corrected chi connectivity index (χ0v) is 20.4. The van der Waals surface area contributed by atoms with Crippen LogP contribution in [0.25, 0.3) is 10.8 Å². The molecule has 3 amide bonds. The lowest BCUT2D eigenvalue weighted by atomic mass is 10.1. The van der Waals surface area contributed by atoms with Crippen molar-refractivity contribution in [2.24, 2.45) is 0 Å². The molecule has 9 nitrogen and oxygen atoms in total. The van der Waals surface area contributed by atoms with E-state index in [9.17, 15) is 14.4 Å². The number of benzene rings is 2. The molecule has 0 bridgehead atoms. The number of thiocarbonyl (C=S) groups is 1. The number of nitrogens with one attached hydrogen (secondary N) is 3. The van der Waals surface area contributed by atoms with E-state index in [4.69, 9.17) is 12.2 Å². The SMILES string of the molecule is O=C(NNC(=S)N[C@H](Cc1cccnc1)CN1C(=O)c2ccccc2C1=O)c1ccc2cnccc2c1. The Morgan fingerprint density at radius 3 is 2.35 bits per heavy atom. The van der Waals surface area contributed by atoms with Gasteiger partial charge in [0.1, 0.15) is 0 Å². The molecule has 2 aromatic carbocycles. The number of pyridine rings is 2. The van der Waals surface area contributed by atoms with Gasteiger partial charge in [-0.25, -0.2) is 0 Å². The van der Waals surface area contributed by atoms with Gasteiger partial charge in [-0.3, -0.25) is 40.1 Å². The van der Waals surface area contributed by atoms with E-state index in [2.05, 4.69) is 26.1 Å². The summed E-state index contributed by atoms with van der Waals surface area (Å²) in [6.45, 7) is 0.0791. The van der Waals surface area contributed by atoms with Gasteiger partial charge in [0.25, 0.3) is 17.7 Å². The highest BCUT2D eigenvalue weighted by molar-refractivity contribution is 7.80. The molecule has 0 spiro atoms. The van der Waals surface area contributed by atoms with Gasteiger partial charge in [0.2, 0.25) is 0 Å². The number of rotatable bonds is 6. The van der Waals surface area contributed by atoms with Gasteiger partial charge >= 0.3 is 0 Å². The highest BCUT2D eigenvalue weighted by atomic mass is 32.1. The van der Waals surface area contributed by atoms with Crippen LogP contribution in [0.3, 0.4) is 0 Å². The van der Waals surface area contributed by atoms with Gasteiger partial charge < -0.3 is 5.32 Å². The smallest absolute Gasteiger partial charge is 0.269 e. The predicted octanol–water partition coefficient (Wildman–Crippen LogP) is 2.65. The lowest BCUT2D eigenvalue weighted by Gasteiger charge is -2.25. The maximum atomic E-state index is 12.9. The second-order valence-corrected chi connectivity index (χ2v) is 8.93. The summed E-state index contributed by atoms with van der Waals surface area (Å²) in [5.41, 5.74) is 7.41. The zero-order valence-electron chi connectivity index (χ0n) is 19.5. The van der Waals surface area contributed by atoms with E-state index in [-0.39, 0.29) is 29.4 Å². The van der Waals surface area contributed by atoms with Gasteiger partial charge in [-0.15, -0.1) is 0 Å². The molecule has 10 heteroatoms. The van der Waals surface area contributed by atoms with Crippen molar-refractivity contribution in [3.05, 3.63) is 108 Å². The number of fused-ring (bicyclic) bond motifs is 2. The third-order valence-corrected chi connectivity index (χ3v) is 6.23. The first kappa shape index (κ1) is 24.0. The third-order valence-electron chi connectivity index (χ3n) is 6.01. The van der Waals surface area contributed by atoms with Gasteiger partial charge in [0.05, 0.1) is 17.2 Å². The minimum Gasteiger partial charge on any atom is -0.356 e. The van der Waals surface area contributed by atoms with Crippen LogP contribution in [0.2, 0.25) is 0 Å². The van der Waals surface area contributed by atoms with Crippen LogP contribution in [-0.4, -0.2) is 50.3 Å². The molecule has 37 heavy (non-hydrogen) atoms. The maximum Gasteiger partial charge on any atom is 0.269 e. The Morgan fingerprint density at radius 2 is 1.62 bits per heavy atom. The summed E-state index contributed by atoms with van der Waals surface area (Å²) in [4.78, 5) is 47.9. The second-order valence-electron chi connectivity index (χ2n) is 8.52. The number of amides is 3. The Morgan fingerprint density at radius 1 is 0.865 bits per heavy atom. The summed E-state index contributed by atoms with van der Waals surface area (Å²) in [7, 11) is 0. The molecule has 2 aromatic heterocycles. The molecule has 0 aliphatic carbocycles. The number of carbonyl (C=O) groups is 3. The number of hydrazine groups is 1. The van der Waals surface area contributed by atoms with E-state index >= 15 is 0 Å². The molecule has 0 saturated heterocycles. The fourth-order valence-electron chi connectivity index (χ4n) is 4.22. The van der Waals surface area contributed by atoms with Crippen molar-refractivity contribution in [2.45, 2.75) is 12.5 Å². The number of hydrogen-bond acceptors (Lipinski definition) is 6. The zero-order chi connectivity index (χ0) is 25.8. The Kier molecular flexibility index (Phi) is 6.82. The first-order valence-corrected chi connectivity index (χ1v) is 11.9. The van der Waals surface area contributed by atoms with E-state index in [1.807, 2.05) is 24.3 Å². The average molecular weight is 511 g/mol. The molecule has 1 atom stereocenters. The fourth-order valence-corrected chi connectivity index (χ4v) is 4.44. The third kappa shape index (κ3) is 5.29. The Bertz CT molecular complexity index is 1480. The molecule has 0 unspecified atom stereocenters. The van der Waals surface area contributed by atoms with Gasteiger partial charge in [0, 0.05) is 42.3 Å². The van der Waals surface area contributed by atoms with E-state index in [1.54, 1.807) is 61.2 Å². The number of carbonyl (C=O) groups excluding carboxylic acids is 3. The number of nitrogens with zero attached hydrogens (tertiary/aromatic N) is 3.